The summed E-state index contributed by atoms with van der Waals surface area (Å²) in [5.74, 6) is 1.69. The van der Waals surface area contributed by atoms with Gasteiger partial charge in [-0.25, -0.2) is 0 Å². The van der Waals surface area contributed by atoms with Gasteiger partial charge >= 0.3 is 0 Å². The Morgan fingerprint density at radius 3 is 2.31 bits per heavy atom. The van der Waals surface area contributed by atoms with Crippen LogP contribution in [0, 0.1) is 5.92 Å². The maximum Gasteiger partial charge on any atom is 0.220 e. The number of nitrogens with one attached hydrogen (secondary N) is 2. The molecule has 0 radical (unpaired) electrons. The van der Waals surface area contributed by atoms with Gasteiger partial charge < -0.3 is 15.5 Å². The number of rotatable bonds is 9. The summed E-state index contributed by atoms with van der Waals surface area (Å²) in [5, 5.41) is 6.17. The molecule has 6 nitrogen and oxygen atoms in total. The van der Waals surface area contributed by atoms with Crippen molar-refractivity contribution in [1.29, 1.82) is 0 Å². The summed E-state index contributed by atoms with van der Waals surface area (Å²) < 4.78 is 0. The molecule has 152 valence electrons. The molecule has 0 aromatic rings. The fourth-order valence-electron chi connectivity index (χ4n) is 3.69. The number of nitrogens with zero attached hydrogens (tertiary/aromatic N) is 3. The summed E-state index contributed by atoms with van der Waals surface area (Å²) in [7, 11) is 1.72. The van der Waals surface area contributed by atoms with E-state index in [1.165, 1.54) is 0 Å². The molecule has 26 heavy (non-hydrogen) atoms. The summed E-state index contributed by atoms with van der Waals surface area (Å²) >= 11 is 0. The molecule has 0 unspecified atom stereocenters. The first-order chi connectivity index (χ1) is 12.4. The standard InChI is InChI=1S/C20H41N5O/c1-7-22-20(23-11-8-12-25(16(2)3)17(4)5)24-13-9-18(10-14-24)15-19(26)21-6/h16-18H,7-15H2,1-6H3,(H,21,26)(H,22,23). The zero-order valence-electron chi connectivity index (χ0n) is 17.8. The number of amides is 1. The van der Waals surface area contributed by atoms with E-state index in [0.717, 1.165) is 57.9 Å². The van der Waals surface area contributed by atoms with Crippen molar-refractivity contribution in [2.24, 2.45) is 10.9 Å². The second-order valence-electron chi connectivity index (χ2n) is 7.82. The number of carbonyl (C=O) groups is 1. The van der Waals surface area contributed by atoms with E-state index in [2.05, 4.69) is 55.1 Å². The summed E-state index contributed by atoms with van der Waals surface area (Å²) in [4.78, 5) is 21.3. The minimum atomic E-state index is 0.156. The Kier molecular flexibility index (Phi) is 10.6. The Bertz CT molecular complexity index is 420. The minimum absolute atomic E-state index is 0.156. The van der Waals surface area contributed by atoms with E-state index < -0.39 is 0 Å². The van der Waals surface area contributed by atoms with Crippen molar-refractivity contribution in [2.45, 2.75) is 72.4 Å². The number of carbonyl (C=O) groups excluding carboxylic acids is 1. The van der Waals surface area contributed by atoms with Crippen LogP contribution in [0.25, 0.3) is 0 Å². The van der Waals surface area contributed by atoms with Crippen molar-refractivity contribution in [3.05, 3.63) is 0 Å². The number of piperidine rings is 1. The molecule has 0 atom stereocenters. The van der Waals surface area contributed by atoms with Crippen LogP contribution >= 0.6 is 0 Å². The number of guanidine groups is 1. The molecule has 1 saturated heterocycles. The second kappa shape index (κ2) is 12.2. The van der Waals surface area contributed by atoms with Crippen LogP contribution in [0.2, 0.25) is 0 Å². The summed E-state index contributed by atoms with van der Waals surface area (Å²) in [6, 6.07) is 1.15. The molecule has 1 aliphatic rings. The fourth-order valence-corrected chi connectivity index (χ4v) is 3.69. The highest BCUT2D eigenvalue weighted by molar-refractivity contribution is 5.80. The van der Waals surface area contributed by atoms with Crippen LogP contribution in [-0.2, 0) is 4.79 Å². The van der Waals surface area contributed by atoms with Gasteiger partial charge in [0, 0.05) is 58.3 Å². The predicted molar refractivity (Wildman–Crippen MR) is 111 cm³/mol. The minimum Gasteiger partial charge on any atom is -0.359 e. The predicted octanol–water partition coefficient (Wildman–Crippen LogP) is 2.31. The number of hydrogen-bond acceptors (Lipinski definition) is 3. The van der Waals surface area contributed by atoms with Crippen LogP contribution in [-0.4, -0.2) is 73.5 Å². The maximum absolute atomic E-state index is 11.6. The molecular weight excluding hydrogens is 326 g/mol. The highest BCUT2D eigenvalue weighted by Gasteiger charge is 2.23. The molecule has 1 fully saturated rings. The normalized spacial score (nSPS) is 16.7. The third kappa shape index (κ3) is 7.94. The summed E-state index contributed by atoms with van der Waals surface area (Å²) in [5.41, 5.74) is 0. The van der Waals surface area contributed by atoms with Crippen molar-refractivity contribution in [1.82, 2.24) is 20.4 Å². The van der Waals surface area contributed by atoms with E-state index in [1.807, 2.05) is 0 Å². The van der Waals surface area contributed by atoms with E-state index in [4.69, 9.17) is 4.99 Å². The van der Waals surface area contributed by atoms with Gasteiger partial charge in [0.05, 0.1) is 0 Å². The SMILES string of the molecule is CCNC(=NCCCN(C(C)C)C(C)C)N1CCC(CC(=O)NC)CC1. The molecule has 0 saturated carbocycles. The molecule has 1 rings (SSSR count). The number of hydrogen-bond donors (Lipinski definition) is 2. The van der Waals surface area contributed by atoms with Crippen molar-refractivity contribution >= 4 is 11.9 Å². The van der Waals surface area contributed by atoms with Crippen LogP contribution in [0.4, 0.5) is 0 Å². The lowest BCUT2D eigenvalue weighted by Gasteiger charge is -2.34. The third-order valence-electron chi connectivity index (χ3n) is 5.16. The zero-order valence-corrected chi connectivity index (χ0v) is 17.8. The van der Waals surface area contributed by atoms with Crippen LogP contribution in [0.15, 0.2) is 4.99 Å². The average Bonchev–Trinajstić information content (AvgIpc) is 2.60. The first-order valence-electron chi connectivity index (χ1n) is 10.4. The van der Waals surface area contributed by atoms with Gasteiger partial charge in [-0.1, -0.05) is 0 Å². The van der Waals surface area contributed by atoms with Crippen LogP contribution in [0.1, 0.15) is 60.3 Å². The van der Waals surface area contributed by atoms with Gasteiger partial charge in [-0.05, 0) is 59.8 Å². The van der Waals surface area contributed by atoms with E-state index >= 15 is 0 Å². The van der Waals surface area contributed by atoms with E-state index in [0.29, 0.717) is 24.4 Å². The van der Waals surface area contributed by atoms with Crippen molar-refractivity contribution < 1.29 is 4.79 Å². The van der Waals surface area contributed by atoms with Gasteiger partial charge in [-0.2, -0.15) is 0 Å². The van der Waals surface area contributed by atoms with Crippen molar-refractivity contribution in [3.8, 4) is 0 Å². The zero-order chi connectivity index (χ0) is 19.5. The van der Waals surface area contributed by atoms with Gasteiger partial charge in [0.25, 0.3) is 0 Å². The molecule has 1 aliphatic heterocycles. The van der Waals surface area contributed by atoms with Crippen LogP contribution < -0.4 is 10.6 Å². The van der Waals surface area contributed by atoms with Gasteiger partial charge in [-0.3, -0.25) is 14.7 Å². The van der Waals surface area contributed by atoms with E-state index in [1.54, 1.807) is 7.05 Å². The lowest BCUT2D eigenvalue weighted by molar-refractivity contribution is -0.121. The topological polar surface area (TPSA) is 60.0 Å². The maximum atomic E-state index is 11.6. The second-order valence-corrected chi connectivity index (χ2v) is 7.82. The monoisotopic (exact) mass is 367 g/mol. The first kappa shape index (κ1) is 22.7. The van der Waals surface area contributed by atoms with E-state index in [-0.39, 0.29) is 5.91 Å². The Labute approximate surface area is 160 Å². The highest BCUT2D eigenvalue weighted by atomic mass is 16.1. The Morgan fingerprint density at radius 1 is 1.19 bits per heavy atom. The Balaban J connectivity index is 2.47. The van der Waals surface area contributed by atoms with Gasteiger partial charge in [0.2, 0.25) is 5.91 Å². The third-order valence-corrected chi connectivity index (χ3v) is 5.16. The first-order valence-corrected chi connectivity index (χ1v) is 10.4. The lowest BCUT2D eigenvalue weighted by Crippen LogP contribution is -2.46. The largest absolute Gasteiger partial charge is 0.359 e. The summed E-state index contributed by atoms with van der Waals surface area (Å²) in [6.07, 6.45) is 3.86. The molecule has 2 N–H and O–H groups in total. The molecule has 1 amide bonds. The Morgan fingerprint density at radius 2 is 1.81 bits per heavy atom. The van der Waals surface area contributed by atoms with Crippen molar-refractivity contribution in [3.63, 3.8) is 0 Å². The van der Waals surface area contributed by atoms with Crippen LogP contribution in [0.3, 0.4) is 0 Å². The molecule has 0 spiro atoms. The number of likely N-dealkylation sites (tertiary alicyclic amines) is 1. The molecule has 1 heterocycles. The quantitative estimate of drug-likeness (QED) is 0.373. The molecule has 6 heteroatoms. The molecule has 0 bridgehead atoms. The molecule has 0 aliphatic carbocycles. The average molecular weight is 368 g/mol. The lowest BCUT2D eigenvalue weighted by atomic mass is 9.93. The van der Waals surface area contributed by atoms with Gasteiger partial charge in [-0.15, -0.1) is 0 Å². The fraction of sp³-hybridized carbons (Fsp3) is 0.900. The van der Waals surface area contributed by atoms with E-state index in [9.17, 15) is 4.79 Å². The summed E-state index contributed by atoms with van der Waals surface area (Å²) in [6.45, 7) is 16.0. The van der Waals surface area contributed by atoms with Crippen molar-refractivity contribution in [2.75, 3.05) is 39.8 Å². The molecule has 0 aromatic carbocycles. The Hall–Kier alpha value is -1.30. The molecule has 0 aromatic heterocycles. The van der Waals surface area contributed by atoms with Gasteiger partial charge in [0.1, 0.15) is 0 Å². The smallest absolute Gasteiger partial charge is 0.220 e. The van der Waals surface area contributed by atoms with Crippen LogP contribution in [0.5, 0.6) is 0 Å². The highest BCUT2D eigenvalue weighted by Crippen LogP contribution is 2.20. The molecular formula is C20H41N5O. The number of aliphatic imine (C=N–C) groups is 1. The van der Waals surface area contributed by atoms with Gasteiger partial charge in [0.15, 0.2) is 5.96 Å².